The van der Waals surface area contributed by atoms with Crippen LogP contribution in [0.4, 0.5) is 4.39 Å². The number of hydrogen-bond donors (Lipinski definition) is 2. The predicted molar refractivity (Wildman–Crippen MR) is 106 cm³/mol. The van der Waals surface area contributed by atoms with Crippen LogP contribution in [0.5, 0.6) is 5.75 Å². The van der Waals surface area contributed by atoms with Crippen molar-refractivity contribution in [3.63, 3.8) is 0 Å². The number of aromatic nitrogens is 5. The average Bonchev–Trinajstić information content (AvgIpc) is 3.28. The Labute approximate surface area is 167 Å². The molecule has 2 N–H and O–H groups in total. The molecule has 2 unspecified atom stereocenters. The van der Waals surface area contributed by atoms with Crippen molar-refractivity contribution in [2.45, 2.75) is 43.9 Å². The van der Waals surface area contributed by atoms with Crippen molar-refractivity contribution in [3.05, 3.63) is 54.4 Å². The van der Waals surface area contributed by atoms with Crippen LogP contribution in [0, 0.1) is 0 Å². The molecule has 8 heteroatoms. The summed E-state index contributed by atoms with van der Waals surface area (Å²) in [4.78, 5) is 8.33. The van der Waals surface area contributed by atoms with E-state index >= 15 is 0 Å². The van der Waals surface area contributed by atoms with Gasteiger partial charge < -0.3 is 15.0 Å². The summed E-state index contributed by atoms with van der Waals surface area (Å²) < 4.78 is 16.5. The van der Waals surface area contributed by atoms with Crippen molar-refractivity contribution >= 4 is 6.08 Å². The molecule has 2 bridgehead atoms. The lowest BCUT2D eigenvalue weighted by atomic mass is 9.82. The van der Waals surface area contributed by atoms with E-state index in [0.717, 1.165) is 30.5 Å². The number of fused-ring (bicyclic) bond motifs is 2. The summed E-state index contributed by atoms with van der Waals surface area (Å²) in [5.74, 6) is 0.375. The summed E-state index contributed by atoms with van der Waals surface area (Å²) in [6.45, 7) is 0. The topological polar surface area (TPSA) is 88.8 Å². The quantitative estimate of drug-likeness (QED) is 0.712. The number of phenols is 1. The standard InChI is InChI=1S/C21H21FN6O/c22-20-13(8-14-2-1-3-18(20)25-14)9-15-11-24-21(27-26-15)17-5-4-16(10-19(17)29)28-7-6-23-12-28/h4-7,9-12,14,18,20,25,29H,1-3,8H2/b13-9+/t14?,18?,20-/m1/s1. The van der Waals surface area contributed by atoms with E-state index in [1.54, 1.807) is 47.7 Å². The monoisotopic (exact) mass is 392 g/mol. The Morgan fingerprint density at radius 3 is 2.93 bits per heavy atom. The minimum Gasteiger partial charge on any atom is -0.507 e. The maximum atomic E-state index is 14.7. The van der Waals surface area contributed by atoms with Gasteiger partial charge in [0.2, 0.25) is 0 Å². The third kappa shape index (κ3) is 3.51. The second-order valence-electron chi connectivity index (χ2n) is 7.60. The SMILES string of the molecule is Oc1cc(-n2ccnc2)ccc1-c1ncc(/C=C2\CC3CCCC(N3)[C@@H]2F)nn1. The first kappa shape index (κ1) is 17.9. The average molecular weight is 392 g/mol. The van der Waals surface area contributed by atoms with E-state index in [9.17, 15) is 9.50 Å². The van der Waals surface area contributed by atoms with Gasteiger partial charge in [-0.3, -0.25) is 0 Å². The summed E-state index contributed by atoms with van der Waals surface area (Å²) >= 11 is 0. The second kappa shape index (κ2) is 7.36. The first-order chi connectivity index (χ1) is 14.2. The van der Waals surface area contributed by atoms with Crippen molar-refractivity contribution in [1.29, 1.82) is 0 Å². The van der Waals surface area contributed by atoms with Crippen LogP contribution < -0.4 is 5.32 Å². The molecule has 3 aromatic rings. The minimum atomic E-state index is -0.993. The number of nitrogens with zero attached hydrogens (tertiary/aromatic N) is 5. The third-order valence-electron chi connectivity index (χ3n) is 5.64. The highest BCUT2D eigenvalue weighted by molar-refractivity contribution is 5.66. The summed E-state index contributed by atoms with van der Waals surface area (Å²) in [6, 6.07) is 5.46. The maximum absolute atomic E-state index is 14.7. The Hall–Kier alpha value is -3.13. The second-order valence-corrected chi connectivity index (χ2v) is 7.60. The van der Waals surface area contributed by atoms with Crippen LogP contribution in [-0.4, -0.2) is 48.1 Å². The molecule has 29 heavy (non-hydrogen) atoms. The van der Waals surface area contributed by atoms with E-state index in [-0.39, 0.29) is 11.8 Å². The van der Waals surface area contributed by atoms with Crippen LogP contribution in [0.3, 0.4) is 0 Å². The van der Waals surface area contributed by atoms with E-state index < -0.39 is 6.17 Å². The zero-order valence-corrected chi connectivity index (χ0v) is 15.7. The molecule has 2 aliphatic heterocycles. The molecule has 2 aliphatic rings. The molecule has 3 atom stereocenters. The highest BCUT2D eigenvalue weighted by Gasteiger charge is 2.36. The number of hydrogen-bond acceptors (Lipinski definition) is 6. The summed E-state index contributed by atoms with van der Waals surface area (Å²) in [7, 11) is 0. The lowest BCUT2D eigenvalue weighted by molar-refractivity contribution is 0.179. The molecular formula is C21H21FN6O. The van der Waals surface area contributed by atoms with Crippen molar-refractivity contribution < 1.29 is 9.50 Å². The van der Waals surface area contributed by atoms with Gasteiger partial charge in [-0.25, -0.2) is 14.4 Å². The van der Waals surface area contributed by atoms with Gasteiger partial charge in [-0.2, -0.15) is 0 Å². The van der Waals surface area contributed by atoms with Crippen molar-refractivity contribution in [2.24, 2.45) is 0 Å². The van der Waals surface area contributed by atoms with Crippen molar-refractivity contribution in [3.8, 4) is 22.8 Å². The predicted octanol–water partition coefficient (Wildman–Crippen LogP) is 3.07. The molecule has 1 aromatic carbocycles. The number of phenolic OH excluding ortho intramolecular Hbond substituents is 1. The van der Waals surface area contributed by atoms with Crippen LogP contribution in [0.2, 0.25) is 0 Å². The Balaban J connectivity index is 1.38. The molecule has 4 heterocycles. The molecule has 2 fully saturated rings. The number of aromatic hydroxyl groups is 1. The number of halogens is 1. The zero-order valence-electron chi connectivity index (χ0n) is 15.7. The Kier molecular flexibility index (Phi) is 4.55. The maximum Gasteiger partial charge on any atom is 0.185 e. The van der Waals surface area contributed by atoms with Gasteiger partial charge in [0.1, 0.15) is 17.6 Å². The normalized spacial score (nSPS) is 25.3. The molecule has 5 rings (SSSR count). The Morgan fingerprint density at radius 2 is 2.17 bits per heavy atom. The van der Waals surface area contributed by atoms with Crippen molar-refractivity contribution in [2.75, 3.05) is 0 Å². The number of rotatable bonds is 3. The molecule has 7 nitrogen and oxygen atoms in total. The first-order valence-electron chi connectivity index (χ1n) is 9.79. The molecule has 2 aromatic heterocycles. The van der Waals surface area contributed by atoms with Crippen LogP contribution >= 0.6 is 0 Å². The van der Waals surface area contributed by atoms with Crippen LogP contribution in [0.15, 0.2) is 48.7 Å². The van der Waals surface area contributed by atoms with Gasteiger partial charge in [0.15, 0.2) is 5.82 Å². The highest BCUT2D eigenvalue weighted by atomic mass is 19.1. The number of alkyl halides is 1. The van der Waals surface area contributed by atoms with Crippen LogP contribution in [0.25, 0.3) is 23.2 Å². The minimum absolute atomic E-state index is 0.0547. The van der Waals surface area contributed by atoms with E-state index in [1.807, 2.05) is 6.07 Å². The van der Waals surface area contributed by atoms with Crippen LogP contribution in [0.1, 0.15) is 31.4 Å². The lowest BCUT2D eigenvalue weighted by Gasteiger charge is -2.39. The van der Waals surface area contributed by atoms with Gasteiger partial charge in [0.05, 0.1) is 23.8 Å². The van der Waals surface area contributed by atoms with Gasteiger partial charge in [0, 0.05) is 30.5 Å². The molecule has 0 amide bonds. The molecule has 2 saturated heterocycles. The van der Waals surface area contributed by atoms with E-state index in [2.05, 4.69) is 25.5 Å². The molecule has 0 radical (unpaired) electrons. The number of benzene rings is 1. The Bertz CT molecular complexity index is 1030. The fourth-order valence-corrected chi connectivity index (χ4v) is 4.18. The fraction of sp³-hybridized carbons (Fsp3) is 0.333. The molecular weight excluding hydrogens is 371 g/mol. The summed E-state index contributed by atoms with van der Waals surface area (Å²) in [5, 5.41) is 22.1. The smallest absolute Gasteiger partial charge is 0.185 e. The summed E-state index contributed by atoms with van der Waals surface area (Å²) in [5.41, 5.74) is 2.56. The van der Waals surface area contributed by atoms with Gasteiger partial charge >= 0.3 is 0 Å². The number of piperidine rings is 2. The van der Waals surface area contributed by atoms with E-state index in [0.29, 0.717) is 29.5 Å². The van der Waals surface area contributed by atoms with Gasteiger partial charge in [-0.05, 0) is 43.0 Å². The summed E-state index contributed by atoms with van der Waals surface area (Å²) in [6.07, 6.45) is 11.2. The highest BCUT2D eigenvalue weighted by Crippen LogP contribution is 2.33. The molecule has 0 spiro atoms. The van der Waals surface area contributed by atoms with Gasteiger partial charge in [0.25, 0.3) is 0 Å². The third-order valence-corrected chi connectivity index (χ3v) is 5.64. The van der Waals surface area contributed by atoms with Gasteiger partial charge in [-0.15, -0.1) is 10.2 Å². The molecule has 0 aliphatic carbocycles. The Morgan fingerprint density at radius 1 is 1.24 bits per heavy atom. The zero-order chi connectivity index (χ0) is 19.8. The number of nitrogens with one attached hydrogen (secondary N) is 1. The number of imidazole rings is 1. The molecule has 0 saturated carbocycles. The largest absolute Gasteiger partial charge is 0.507 e. The fourth-order valence-electron chi connectivity index (χ4n) is 4.18. The van der Waals surface area contributed by atoms with Crippen molar-refractivity contribution in [1.82, 2.24) is 30.0 Å². The van der Waals surface area contributed by atoms with Crippen LogP contribution in [-0.2, 0) is 0 Å². The first-order valence-corrected chi connectivity index (χ1v) is 9.79. The molecule has 148 valence electrons. The van der Waals surface area contributed by atoms with E-state index in [1.165, 1.54) is 0 Å². The van der Waals surface area contributed by atoms with Gasteiger partial charge in [-0.1, -0.05) is 6.42 Å². The van der Waals surface area contributed by atoms with E-state index in [4.69, 9.17) is 0 Å². The lowest BCUT2D eigenvalue weighted by Crippen LogP contribution is -2.52.